The Kier molecular flexibility index (Phi) is 7.14. The predicted octanol–water partition coefficient (Wildman–Crippen LogP) is 13.6. The Morgan fingerprint density at radius 3 is 1.58 bits per heavy atom. The van der Waals surface area contributed by atoms with E-state index >= 15 is 0 Å². The number of hydrogen-bond donors (Lipinski definition) is 0. The third kappa shape index (κ3) is 5.43. The standard InChI is InChI=1S/C51H31N3O/c1-2-10-34(11-3-1)49-52-50(35-20-17-32(18-21-35)38-25-28-45-44-14-6-7-16-47(44)55-48(45)31-38)54-51(53-49)46-15-8-12-39-29-36(24-27-43(39)46)37-23-26-42-40(30-37)22-19-33-9-4-5-13-41(33)42/h1-31H. The molecular weight excluding hydrogens is 671 g/mol. The van der Waals surface area contributed by atoms with Crippen LogP contribution in [0.5, 0.6) is 0 Å². The van der Waals surface area contributed by atoms with Crippen molar-refractivity contribution in [1.82, 2.24) is 15.0 Å². The molecule has 11 rings (SSSR count). The highest BCUT2D eigenvalue weighted by molar-refractivity contribution is 6.09. The van der Waals surface area contributed by atoms with Crippen LogP contribution < -0.4 is 0 Å². The number of aromatic nitrogens is 3. The van der Waals surface area contributed by atoms with E-state index in [1.165, 1.54) is 32.7 Å². The van der Waals surface area contributed by atoms with Crippen LogP contribution in [0.2, 0.25) is 0 Å². The van der Waals surface area contributed by atoms with Gasteiger partial charge in [0.1, 0.15) is 11.2 Å². The summed E-state index contributed by atoms with van der Waals surface area (Å²) in [5, 5.41) is 9.50. The highest BCUT2D eigenvalue weighted by Gasteiger charge is 2.16. The molecule has 0 bridgehead atoms. The summed E-state index contributed by atoms with van der Waals surface area (Å²) < 4.78 is 6.18. The lowest BCUT2D eigenvalue weighted by Crippen LogP contribution is -2.00. The van der Waals surface area contributed by atoms with Gasteiger partial charge in [-0.15, -0.1) is 0 Å². The SMILES string of the molecule is c1ccc(-c2nc(-c3ccc(-c4ccc5c(c4)oc4ccccc45)cc3)nc(-c3cccc4cc(-c5ccc6c(ccc7ccccc76)c5)ccc34)n2)cc1. The third-order valence-corrected chi connectivity index (χ3v) is 10.7. The zero-order chi connectivity index (χ0) is 36.3. The molecule has 0 aliphatic heterocycles. The fraction of sp³-hybridized carbons (Fsp3) is 0. The van der Waals surface area contributed by atoms with Gasteiger partial charge >= 0.3 is 0 Å². The molecule has 2 heterocycles. The summed E-state index contributed by atoms with van der Waals surface area (Å²) in [5.74, 6) is 1.90. The van der Waals surface area contributed by atoms with Gasteiger partial charge in [-0.3, -0.25) is 0 Å². The summed E-state index contributed by atoms with van der Waals surface area (Å²) in [4.78, 5) is 15.2. The largest absolute Gasteiger partial charge is 0.456 e. The minimum Gasteiger partial charge on any atom is -0.456 e. The summed E-state index contributed by atoms with van der Waals surface area (Å²) in [5.41, 5.74) is 9.13. The van der Waals surface area contributed by atoms with Crippen molar-refractivity contribution < 1.29 is 4.42 Å². The number of benzene rings is 9. The molecule has 0 aliphatic carbocycles. The maximum Gasteiger partial charge on any atom is 0.164 e. The molecule has 2 aromatic heterocycles. The lowest BCUT2D eigenvalue weighted by molar-refractivity contribution is 0.669. The highest BCUT2D eigenvalue weighted by Crippen LogP contribution is 2.36. The first kappa shape index (κ1) is 31.1. The minimum absolute atomic E-state index is 0.625. The summed E-state index contributed by atoms with van der Waals surface area (Å²) in [6, 6.07) is 65.9. The summed E-state index contributed by atoms with van der Waals surface area (Å²) >= 11 is 0. The summed E-state index contributed by atoms with van der Waals surface area (Å²) in [6.07, 6.45) is 0. The number of hydrogen-bond acceptors (Lipinski definition) is 4. The summed E-state index contributed by atoms with van der Waals surface area (Å²) in [7, 11) is 0. The van der Waals surface area contributed by atoms with Crippen molar-refractivity contribution in [1.29, 1.82) is 0 Å². The van der Waals surface area contributed by atoms with E-state index in [0.29, 0.717) is 17.5 Å². The average molecular weight is 702 g/mol. The van der Waals surface area contributed by atoms with E-state index < -0.39 is 0 Å². The molecule has 4 nitrogen and oxygen atoms in total. The molecule has 0 fully saturated rings. The molecule has 0 unspecified atom stereocenters. The van der Waals surface area contributed by atoms with E-state index in [0.717, 1.165) is 60.5 Å². The van der Waals surface area contributed by atoms with Crippen LogP contribution in [0.15, 0.2) is 192 Å². The van der Waals surface area contributed by atoms with Gasteiger partial charge in [-0.1, -0.05) is 158 Å². The fourth-order valence-electron chi connectivity index (χ4n) is 7.91. The first-order valence-electron chi connectivity index (χ1n) is 18.5. The number of rotatable bonds is 5. The molecule has 0 N–H and O–H groups in total. The molecule has 55 heavy (non-hydrogen) atoms. The molecule has 0 saturated heterocycles. The Morgan fingerprint density at radius 1 is 0.273 bits per heavy atom. The van der Waals surface area contributed by atoms with E-state index in [1.807, 2.05) is 48.5 Å². The van der Waals surface area contributed by atoms with Gasteiger partial charge in [-0.05, 0) is 84.9 Å². The second-order valence-electron chi connectivity index (χ2n) is 14.0. The minimum atomic E-state index is 0.625. The Labute approximate surface area is 317 Å². The quantitative estimate of drug-likeness (QED) is 0.168. The smallest absolute Gasteiger partial charge is 0.164 e. The van der Waals surface area contributed by atoms with E-state index in [1.54, 1.807) is 0 Å². The van der Waals surface area contributed by atoms with Gasteiger partial charge in [-0.2, -0.15) is 0 Å². The van der Waals surface area contributed by atoms with Crippen LogP contribution in [0.4, 0.5) is 0 Å². The lowest BCUT2D eigenvalue weighted by atomic mass is 9.95. The van der Waals surface area contributed by atoms with Crippen molar-refractivity contribution in [2.45, 2.75) is 0 Å². The van der Waals surface area contributed by atoms with Crippen molar-refractivity contribution in [3.8, 4) is 56.4 Å². The maximum absolute atomic E-state index is 6.18. The van der Waals surface area contributed by atoms with Gasteiger partial charge in [0.05, 0.1) is 0 Å². The zero-order valence-corrected chi connectivity index (χ0v) is 29.6. The van der Waals surface area contributed by atoms with Crippen LogP contribution in [0.25, 0.3) is 111 Å². The first-order chi connectivity index (χ1) is 27.2. The first-order valence-corrected chi connectivity index (χ1v) is 18.5. The van der Waals surface area contributed by atoms with Crippen LogP contribution >= 0.6 is 0 Å². The molecule has 11 aromatic rings. The number of furan rings is 1. The van der Waals surface area contributed by atoms with Gasteiger partial charge < -0.3 is 4.42 Å². The number of nitrogens with zero attached hydrogens (tertiary/aromatic N) is 3. The lowest BCUT2D eigenvalue weighted by Gasteiger charge is -2.12. The molecule has 0 spiro atoms. The van der Waals surface area contributed by atoms with E-state index in [-0.39, 0.29) is 0 Å². The van der Waals surface area contributed by atoms with Crippen molar-refractivity contribution in [3.63, 3.8) is 0 Å². The van der Waals surface area contributed by atoms with Crippen LogP contribution in [-0.4, -0.2) is 15.0 Å². The van der Waals surface area contributed by atoms with Gasteiger partial charge in [0.25, 0.3) is 0 Å². The van der Waals surface area contributed by atoms with Gasteiger partial charge in [0.2, 0.25) is 0 Å². The van der Waals surface area contributed by atoms with Gasteiger partial charge in [0, 0.05) is 27.5 Å². The molecule has 4 heteroatoms. The second-order valence-corrected chi connectivity index (χ2v) is 14.0. The Bertz CT molecular complexity index is 3260. The number of para-hydroxylation sites is 1. The molecule has 0 atom stereocenters. The molecule has 0 amide bonds. The van der Waals surface area contributed by atoms with Crippen molar-refractivity contribution >= 4 is 54.3 Å². The topological polar surface area (TPSA) is 51.8 Å². The average Bonchev–Trinajstić information content (AvgIpc) is 3.64. The Morgan fingerprint density at radius 2 is 0.782 bits per heavy atom. The third-order valence-electron chi connectivity index (χ3n) is 10.7. The molecule has 256 valence electrons. The normalized spacial score (nSPS) is 11.6. The van der Waals surface area contributed by atoms with E-state index in [4.69, 9.17) is 19.4 Å². The maximum atomic E-state index is 6.18. The van der Waals surface area contributed by atoms with E-state index in [9.17, 15) is 0 Å². The highest BCUT2D eigenvalue weighted by atomic mass is 16.3. The van der Waals surface area contributed by atoms with Gasteiger partial charge in [-0.25, -0.2) is 15.0 Å². The molecule has 0 saturated carbocycles. The second kappa shape index (κ2) is 12.6. The Balaban J connectivity index is 0.979. The van der Waals surface area contributed by atoms with E-state index in [2.05, 4.69) is 140 Å². The van der Waals surface area contributed by atoms with Crippen molar-refractivity contribution in [3.05, 3.63) is 188 Å². The van der Waals surface area contributed by atoms with Crippen LogP contribution in [-0.2, 0) is 0 Å². The molecular formula is C51H31N3O. The summed E-state index contributed by atoms with van der Waals surface area (Å²) in [6.45, 7) is 0. The van der Waals surface area contributed by atoms with Crippen LogP contribution in [0.3, 0.4) is 0 Å². The van der Waals surface area contributed by atoms with Crippen molar-refractivity contribution in [2.75, 3.05) is 0 Å². The monoisotopic (exact) mass is 701 g/mol. The van der Waals surface area contributed by atoms with Crippen LogP contribution in [0.1, 0.15) is 0 Å². The molecule has 0 aliphatic rings. The molecule has 0 radical (unpaired) electrons. The fourth-order valence-corrected chi connectivity index (χ4v) is 7.91. The molecule has 9 aromatic carbocycles. The van der Waals surface area contributed by atoms with Crippen molar-refractivity contribution in [2.24, 2.45) is 0 Å². The van der Waals surface area contributed by atoms with Gasteiger partial charge in [0.15, 0.2) is 17.5 Å². The zero-order valence-electron chi connectivity index (χ0n) is 29.6. The van der Waals surface area contributed by atoms with Crippen LogP contribution in [0, 0.1) is 0 Å². The Hall–Kier alpha value is -7.43. The number of fused-ring (bicyclic) bond motifs is 7. The predicted molar refractivity (Wildman–Crippen MR) is 227 cm³/mol.